The highest BCUT2D eigenvalue weighted by Crippen LogP contribution is 2.27. The molecule has 1 rings (SSSR count). The van der Waals surface area contributed by atoms with Crippen molar-refractivity contribution in [2.24, 2.45) is 5.73 Å². The van der Waals surface area contributed by atoms with E-state index in [0.717, 1.165) is 40.8 Å². The summed E-state index contributed by atoms with van der Waals surface area (Å²) in [4.78, 5) is 0. The molecule has 17 heavy (non-hydrogen) atoms. The zero-order valence-corrected chi connectivity index (χ0v) is 12.0. The van der Waals surface area contributed by atoms with Crippen LogP contribution in [0.1, 0.15) is 24.0 Å². The first kappa shape index (κ1) is 14.5. The molecule has 0 saturated carbocycles. The lowest BCUT2D eigenvalue weighted by molar-refractivity contribution is 0.184. The van der Waals surface area contributed by atoms with Crippen molar-refractivity contribution in [1.82, 2.24) is 0 Å². The van der Waals surface area contributed by atoms with E-state index in [4.69, 9.17) is 15.2 Å². The predicted octanol–water partition coefficient (Wildman–Crippen LogP) is 3.02. The molecule has 0 fully saturated rings. The third kappa shape index (κ3) is 4.66. The van der Waals surface area contributed by atoms with Crippen LogP contribution >= 0.6 is 15.9 Å². The number of benzene rings is 1. The molecular formula is C13H20BrNO2. The minimum absolute atomic E-state index is 0.494. The molecule has 0 bridgehead atoms. The molecule has 0 aliphatic carbocycles. The van der Waals surface area contributed by atoms with E-state index in [-0.39, 0.29) is 0 Å². The van der Waals surface area contributed by atoms with Gasteiger partial charge in [0.15, 0.2) is 0 Å². The number of aryl methyl sites for hydroxylation is 1. The highest BCUT2D eigenvalue weighted by molar-refractivity contribution is 9.10. The molecule has 0 aliphatic heterocycles. The van der Waals surface area contributed by atoms with Gasteiger partial charge in [-0.05, 0) is 37.5 Å². The minimum atomic E-state index is 0.494. The zero-order valence-electron chi connectivity index (χ0n) is 10.5. The van der Waals surface area contributed by atoms with Gasteiger partial charge in [-0.15, -0.1) is 0 Å². The van der Waals surface area contributed by atoms with E-state index in [1.54, 1.807) is 7.11 Å². The van der Waals surface area contributed by atoms with Crippen LogP contribution < -0.4 is 10.5 Å². The molecule has 0 radical (unpaired) electrons. The van der Waals surface area contributed by atoms with E-state index >= 15 is 0 Å². The van der Waals surface area contributed by atoms with Crippen molar-refractivity contribution >= 4 is 15.9 Å². The van der Waals surface area contributed by atoms with Gasteiger partial charge in [0.25, 0.3) is 0 Å². The second-order valence-electron chi connectivity index (χ2n) is 3.96. The van der Waals surface area contributed by atoms with Crippen LogP contribution in [0.2, 0.25) is 0 Å². The summed E-state index contributed by atoms with van der Waals surface area (Å²) in [5.41, 5.74) is 7.88. The Kier molecular flexibility index (Phi) is 6.55. The Morgan fingerprint density at radius 3 is 2.59 bits per heavy atom. The monoisotopic (exact) mass is 301 g/mol. The summed E-state index contributed by atoms with van der Waals surface area (Å²) < 4.78 is 11.8. The van der Waals surface area contributed by atoms with Gasteiger partial charge in [-0.25, -0.2) is 0 Å². The normalized spacial score (nSPS) is 10.6. The molecule has 0 saturated heterocycles. The topological polar surface area (TPSA) is 44.5 Å². The van der Waals surface area contributed by atoms with E-state index in [9.17, 15) is 0 Å². The Bertz CT molecular complexity index is 356. The molecule has 1 aromatic carbocycles. The van der Waals surface area contributed by atoms with Crippen LogP contribution in [0.25, 0.3) is 0 Å². The lowest BCUT2D eigenvalue weighted by Crippen LogP contribution is -2.06. The van der Waals surface area contributed by atoms with Crippen LogP contribution in [-0.4, -0.2) is 20.3 Å². The Morgan fingerprint density at radius 1 is 1.24 bits per heavy atom. The number of hydrogen-bond donors (Lipinski definition) is 1. The van der Waals surface area contributed by atoms with Gasteiger partial charge in [-0.3, -0.25) is 0 Å². The fraction of sp³-hybridized carbons (Fsp3) is 0.538. The molecule has 96 valence electrons. The lowest BCUT2D eigenvalue weighted by Gasteiger charge is -2.14. The van der Waals surface area contributed by atoms with E-state index in [2.05, 4.69) is 15.9 Å². The zero-order chi connectivity index (χ0) is 12.7. The summed E-state index contributed by atoms with van der Waals surface area (Å²) in [5.74, 6) is 0.924. The van der Waals surface area contributed by atoms with E-state index in [1.165, 1.54) is 0 Å². The minimum Gasteiger partial charge on any atom is -0.493 e. The lowest BCUT2D eigenvalue weighted by atomic mass is 10.1. The molecule has 4 heteroatoms. The van der Waals surface area contributed by atoms with Gasteiger partial charge in [-0.2, -0.15) is 0 Å². The summed E-state index contributed by atoms with van der Waals surface area (Å²) >= 11 is 3.46. The van der Waals surface area contributed by atoms with Crippen molar-refractivity contribution in [3.05, 3.63) is 27.7 Å². The van der Waals surface area contributed by atoms with Crippen molar-refractivity contribution in [3.63, 3.8) is 0 Å². The number of unbranched alkanes of at least 4 members (excludes halogenated alkanes) is 1. The largest absolute Gasteiger partial charge is 0.493 e. The first-order valence-corrected chi connectivity index (χ1v) is 6.59. The molecular weight excluding hydrogens is 282 g/mol. The molecule has 3 nitrogen and oxygen atoms in total. The summed E-state index contributed by atoms with van der Waals surface area (Å²) in [7, 11) is 1.71. The molecule has 0 aliphatic rings. The molecule has 1 aromatic rings. The van der Waals surface area contributed by atoms with Gasteiger partial charge < -0.3 is 15.2 Å². The van der Waals surface area contributed by atoms with Gasteiger partial charge in [0.05, 0.1) is 6.61 Å². The van der Waals surface area contributed by atoms with Crippen LogP contribution in [0.15, 0.2) is 16.6 Å². The maximum absolute atomic E-state index is 5.80. The van der Waals surface area contributed by atoms with Gasteiger partial charge in [0, 0.05) is 30.3 Å². The second kappa shape index (κ2) is 7.69. The number of ether oxygens (including phenoxy) is 2. The summed E-state index contributed by atoms with van der Waals surface area (Å²) in [6, 6.07) is 4.06. The Hall–Kier alpha value is -0.580. The Labute approximate surface area is 111 Å². The fourth-order valence-corrected chi connectivity index (χ4v) is 2.30. The standard InChI is InChI=1S/C13H20BrNO2/c1-10-7-12(14)8-11(9-15)13(10)17-6-4-3-5-16-2/h7-8H,3-6,9,15H2,1-2H3. The van der Waals surface area contributed by atoms with Gasteiger partial charge in [0.2, 0.25) is 0 Å². The summed E-state index contributed by atoms with van der Waals surface area (Å²) in [6.45, 7) is 4.02. The van der Waals surface area contributed by atoms with Crippen molar-refractivity contribution < 1.29 is 9.47 Å². The van der Waals surface area contributed by atoms with Crippen LogP contribution in [-0.2, 0) is 11.3 Å². The Balaban J connectivity index is 2.57. The van der Waals surface area contributed by atoms with E-state index in [1.807, 2.05) is 19.1 Å². The van der Waals surface area contributed by atoms with Crippen LogP contribution in [0.3, 0.4) is 0 Å². The Morgan fingerprint density at radius 2 is 1.94 bits per heavy atom. The first-order valence-electron chi connectivity index (χ1n) is 5.80. The van der Waals surface area contributed by atoms with Gasteiger partial charge >= 0.3 is 0 Å². The molecule has 0 amide bonds. The van der Waals surface area contributed by atoms with Crippen molar-refractivity contribution in [2.75, 3.05) is 20.3 Å². The molecule has 0 atom stereocenters. The van der Waals surface area contributed by atoms with Crippen molar-refractivity contribution in [3.8, 4) is 5.75 Å². The van der Waals surface area contributed by atoms with Gasteiger partial charge in [0.1, 0.15) is 5.75 Å². The fourth-order valence-electron chi connectivity index (χ4n) is 1.68. The number of rotatable bonds is 7. The van der Waals surface area contributed by atoms with Crippen LogP contribution in [0, 0.1) is 6.92 Å². The van der Waals surface area contributed by atoms with Crippen LogP contribution in [0.4, 0.5) is 0 Å². The maximum Gasteiger partial charge on any atom is 0.126 e. The molecule has 0 heterocycles. The molecule has 0 aromatic heterocycles. The SMILES string of the molecule is COCCCCOc1c(C)cc(Br)cc1CN. The molecule has 0 unspecified atom stereocenters. The van der Waals surface area contributed by atoms with E-state index < -0.39 is 0 Å². The summed E-state index contributed by atoms with van der Waals surface area (Å²) in [6.07, 6.45) is 2.01. The second-order valence-corrected chi connectivity index (χ2v) is 4.88. The molecule has 2 N–H and O–H groups in total. The number of nitrogens with two attached hydrogens (primary N) is 1. The number of methoxy groups -OCH3 is 1. The third-order valence-corrected chi connectivity index (χ3v) is 2.98. The summed E-state index contributed by atoms with van der Waals surface area (Å²) in [5, 5.41) is 0. The van der Waals surface area contributed by atoms with Crippen molar-refractivity contribution in [1.29, 1.82) is 0 Å². The van der Waals surface area contributed by atoms with Crippen LogP contribution in [0.5, 0.6) is 5.75 Å². The highest BCUT2D eigenvalue weighted by atomic mass is 79.9. The number of halogens is 1. The van der Waals surface area contributed by atoms with Gasteiger partial charge in [-0.1, -0.05) is 15.9 Å². The maximum atomic E-state index is 5.80. The first-order chi connectivity index (χ1) is 8.19. The quantitative estimate of drug-likeness (QED) is 0.787. The third-order valence-electron chi connectivity index (χ3n) is 2.53. The smallest absolute Gasteiger partial charge is 0.126 e. The average molecular weight is 302 g/mol. The highest BCUT2D eigenvalue weighted by Gasteiger charge is 2.07. The molecule has 0 spiro atoms. The van der Waals surface area contributed by atoms with Crippen molar-refractivity contribution in [2.45, 2.75) is 26.3 Å². The predicted molar refractivity (Wildman–Crippen MR) is 73.4 cm³/mol. The average Bonchev–Trinajstić information content (AvgIpc) is 2.30. The van der Waals surface area contributed by atoms with E-state index in [0.29, 0.717) is 13.2 Å². The number of hydrogen-bond acceptors (Lipinski definition) is 3.